The van der Waals surface area contributed by atoms with Crippen molar-refractivity contribution in [1.29, 1.82) is 0 Å². The van der Waals surface area contributed by atoms with Gasteiger partial charge in [-0.1, -0.05) is 43.7 Å². The predicted octanol–water partition coefficient (Wildman–Crippen LogP) is 7.03. The molecule has 3 rings (SSSR count). The second-order valence-corrected chi connectivity index (χ2v) is 6.32. The Morgan fingerprint density at radius 2 is 1.44 bits per heavy atom. The molecule has 3 aromatic carbocycles. The number of aryl methyl sites for hydroxylation is 1. The van der Waals surface area contributed by atoms with Gasteiger partial charge in [-0.3, -0.25) is 0 Å². The largest absolute Gasteiger partial charge is 0.573 e. The number of fused-ring (bicyclic) bond motifs is 1. The number of ether oxygens (including phenoxy) is 1. The summed E-state index contributed by atoms with van der Waals surface area (Å²) in [5.74, 6) is -4.26. The van der Waals surface area contributed by atoms with Crippen LogP contribution in [-0.2, 0) is 6.42 Å². The van der Waals surface area contributed by atoms with Crippen molar-refractivity contribution < 1.29 is 26.7 Å². The third-order valence-corrected chi connectivity index (χ3v) is 4.27. The minimum atomic E-state index is -5.17. The first-order valence-electron chi connectivity index (χ1n) is 8.54. The van der Waals surface area contributed by atoms with Gasteiger partial charge in [-0.15, -0.1) is 13.2 Å². The Kier molecular flexibility index (Phi) is 5.35. The van der Waals surface area contributed by atoms with E-state index in [1.807, 2.05) is 18.2 Å². The molecule has 0 unspecified atom stereocenters. The highest BCUT2D eigenvalue weighted by Crippen LogP contribution is 2.33. The zero-order valence-electron chi connectivity index (χ0n) is 14.5. The lowest BCUT2D eigenvalue weighted by Gasteiger charge is -2.12. The molecule has 0 fully saturated rings. The molecular weight excluding hydrogens is 363 g/mol. The zero-order valence-corrected chi connectivity index (χ0v) is 14.5. The Hall–Kier alpha value is -2.63. The summed E-state index contributed by atoms with van der Waals surface area (Å²) in [5, 5.41) is 1.87. The van der Waals surface area contributed by atoms with E-state index in [9.17, 15) is 22.0 Å². The van der Waals surface area contributed by atoms with Gasteiger partial charge >= 0.3 is 6.36 Å². The maximum Gasteiger partial charge on any atom is 0.573 e. The summed E-state index contributed by atoms with van der Waals surface area (Å²) >= 11 is 0. The summed E-state index contributed by atoms with van der Waals surface area (Å²) in [5.41, 5.74) is 1.85. The Morgan fingerprint density at radius 1 is 0.815 bits per heavy atom. The quantitative estimate of drug-likeness (QED) is 0.432. The number of alkyl halides is 3. The number of benzene rings is 3. The normalized spacial score (nSPS) is 11.8. The molecule has 1 nitrogen and oxygen atoms in total. The van der Waals surface area contributed by atoms with Crippen LogP contribution in [0.5, 0.6) is 5.75 Å². The van der Waals surface area contributed by atoms with Gasteiger partial charge in [0.25, 0.3) is 0 Å². The van der Waals surface area contributed by atoms with Crippen molar-refractivity contribution >= 4 is 10.8 Å². The molecule has 27 heavy (non-hydrogen) atoms. The van der Waals surface area contributed by atoms with Gasteiger partial charge < -0.3 is 4.74 Å². The second kappa shape index (κ2) is 7.55. The third kappa shape index (κ3) is 4.56. The topological polar surface area (TPSA) is 9.23 Å². The molecule has 0 aliphatic carbocycles. The lowest BCUT2D eigenvalue weighted by Crippen LogP contribution is -2.19. The molecule has 0 aliphatic rings. The van der Waals surface area contributed by atoms with E-state index in [-0.39, 0.29) is 5.56 Å². The monoisotopic (exact) mass is 380 g/mol. The zero-order chi connectivity index (χ0) is 19.6. The van der Waals surface area contributed by atoms with E-state index in [0.717, 1.165) is 42.2 Å². The number of rotatable bonds is 5. The van der Waals surface area contributed by atoms with Crippen LogP contribution in [0.2, 0.25) is 0 Å². The van der Waals surface area contributed by atoms with E-state index >= 15 is 0 Å². The van der Waals surface area contributed by atoms with Crippen LogP contribution < -0.4 is 4.74 Å². The van der Waals surface area contributed by atoms with Crippen LogP contribution >= 0.6 is 0 Å². The summed E-state index contributed by atoms with van der Waals surface area (Å²) in [6, 6.07) is 12.9. The van der Waals surface area contributed by atoms with Crippen LogP contribution in [0.3, 0.4) is 0 Å². The SMILES string of the molecule is CCCCc1ccc2cc(-c3cc(F)c(OC(F)(F)F)c(F)c3)ccc2c1. The average molecular weight is 380 g/mol. The van der Waals surface area contributed by atoms with Crippen molar-refractivity contribution in [3.63, 3.8) is 0 Å². The van der Waals surface area contributed by atoms with Crippen molar-refractivity contribution in [2.45, 2.75) is 32.5 Å². The Balaban J connectivity index is 1.95. The molecule has 0 saturated carbocycles. The number of unbranched alkanes of at least 4 members (excludes halogenated alkanes) is 1. The molecule has 0 bridgehead atoms. The van der Waals surface area contributed by atoms with Crippen LogP contribution in [0.15, 0.2) is 48.5 Å². The summed E-state index contributed by atoms with van der Waals surface area (Å²) in [7, 11) is 0. The molecule has 0 N–H and O–H groups in total. The molecule has 0 saturated heterocycles. The lowest BCUT2D eigenvalue weighted by molar-refractivity contribution is -0.276. The fourth-order valence-electron chi connectivity index (χ4n) is 2.95. The summed E-state index contributed by atoms with van der Waals surface area (Å²) in [6.45, 7) is 2.12. The maximum atomic E-state index is 13.9. The molecule has 0 radical (unpaired) electrons. The highest BCUT2D eigenvalue weighted by molar-refractivity contribution is 5.88. The molecule has 3 aromatic rings. The molecule has 6 heteroatoms. The van der Waals surface area contributed by atoms with E-state index in [1.54, 1.807) is 12.1 Å². The minimum absolute atomic E-state index is 0.136. The number of halogens is 5. The number of hydrogen-bond acceptors (Lipinski definition) is 1. The van der Waals surface area contributed by atoms with Crippen molar-refractivity contribution in [2.24, 2.45) is 0 Å². The predicted molar refractivity (Wildman–Crippen MR) is 94.6 cm³/mol. The first-order valence-corrected chi connectivity index (χ1v) is 8.54. The number of hydrogen-bond donors (Lipinski definition) is 0. The fraction of sp³-hybridized carbons (Fsp3) is 0.238. The highest BCUT2D eigenvalue weighted by atomic mass is 19.4. The average Bonchev–Trinajstić information content (AvgIpc) is 2.61. The summed E-state index contributed by atoms with van der Waals surface area (Å²) in [6.07, 6.45) is -2.00. The molecule has 0 atom stereocenters. The minimum Gasteiger partial charge on any atom is -0.399 e. The van der Waals surface area contributed by atoms with Crippen molar-refractivity contribution in [2.75, 3.05) is 0 Å². The van der Waals surface area contributed by atoms with Crippen LogP contribution in [0.25, 0.3) is 21.9 Å². The van der Waals surface area contributed by atoms with E-state index in [2.05, 4.69) is 17.7 Å². The molecular formula is C21H17F5O. The van der Waals surface area contributed by atoms with Crippen LogP contribution in [-0.4, -0.2) is 6.36 Å². The molecule has 0 aromatic heterocycles. The summed E-state index contributed by atoms with van der Waals surface area (Å²) in [4.78, 5) is 0. The first kappa shape index (κ1) is 19.1. The Labute approximate surface area is 153 Å². The van der Waals surface area contributed by atoms with Gasteiger partial charge in [0.2, 0.25) is 5.75 Å². The van der Waals surface area contributed by atoms with E-state index in [0.29, 0.717) is 5.56 Å². The van der Waals surface area contributed by atoms with E-state index in [1.165, 1.54) is 5.56 Å². The maximum absolute atomic E-state index is 13.9. The van der Waals surface area contributed by atoms with Crippen LogP contribution in [0, 0.1) is 11.6 Å². The molecule has 0 aliphatic heterocycles. The van der Waals surface area contributed by atoms with E-state index in [4.69, 9.17) is 0 Å². The third-order valence-electron chi connectivity index (χ3n) is 4.27. The van der Waals surface area contributed by atoms with Crippen molar-refractivity contribution in [3.8, 4) is 16.9 Å². The molecule has 0 heterocycles. The highest BCUT2D eigenvalue weighted by Gasteiger charge is 2.34. The lowest BCUT2D eigenvalue weighted by atomic mass is 9.98. The first-order chi connectivity index (χ1) is 12.8. The van der Waals surface area contributed by atoms with Gasteiger partial charge in [0.1, 0.15) is 0 Å². The van der Waals surface area contributed by atoms with Crippen LogP contribution in [0.4, 0.5) is 22.0 Å². The molecule has 142 valence electrons. The van der Waals surface area contributed by atoms with Crippen molar-refractivity contribution in [3.05, 3.63) is 65.7 Å². The van der Waals surface area contributed by atoms with Gasteiger partial charge in [0, 0.05) is 0 Å². The van der Waals surface area contributed by atoms with Gasteiger partial charge in [-0.05, 0) is 58.5 Å². The second-order valence-electron chi connectivity index (χ2n) is 6.32. The summed E-state index contributed by atoms with van der Waals surface area (Å²) < 4.78 is 68.1. The van der Waals surface area contributed by atoms with Gasteiger partial charge in [-0.25, -0.2) is 8.78 Å². The van der Waals surface area contributed by atoms with Crippen LogP contribution in [0.1, 0.15) is 25.3 Å². The molecule has 0 amide bonds. The Bertz CT molecular complexity index is 939. The standard InChI is InChI=1S/C21H17F5O/c1-2-3-4-13-5-6-15-10-16(8-7-14(15)9-13)17-11-18(22)20(19(23)12-17)27-21(24,25)26/h5-12H,2-4H2,1H3. The fourth-order valence-corrected chi connectivity index (χ4v) is 2.95. The van der Waals surface area contributed by atoms with Gasteiger partial charge in [-0.2, -0.15) is 0 Å². The van der Waals surface area contributed by atoms with E-state index < -0.39 is 23.7 Å². The van der Waals surface area contributed by atoms with Crippen molar-refractivity contribution in [1.82, 2.24) is 0 Å². The van der Waals surface area contributed by atoms with Gasteiger partial charge in [0.15, 0.2) is 11.6 Å². The smallest absolute Gasteiger partial charge is 0.399 e. The molecule has 0 spiro atoms. The Morgan fingerprint density at radius 3 is 2.07 bits per heavy atom. The van der Waals surface area contributed by atoms with Gasteiger partial charge in [0.05, 0.1) is 0 Å².